The molecule has 3 heteroatoms. The molecule has 0 aliphatic carbocycles. The lowest BCUT2D eigenvalue weighted by molar-refractivity contribution is 0.620. The normalized spacial score (nSPS) is 12.2. The van der Waals surface area contributed by atoms with Crippen molar-refractivity contribution in [3.8, 4) is 0 Å². The molecule has 0 saturated heterocycles. The van der Waals surface area contributed by atoms with Crippen LogP contribution in [0.4, 0.5) is 15.8 Å². The topological polar surface area (TPSA) is 29.3 Å². The van der Waals surface area contributed by atoms with Crippen molar-refractivity contribution in [1.82, 2.24) is 0 Å². The summed E-state index contributed by atoms with van der Waals surface area (Å²) in [6, 6.07) is 15.1. The first-order valence-electron chi connectivity index (χ1n) is 6.99. The molecule has 0 radical (unpaired) electrons. The lowest BCUT2D eigenvalue weighted by Crippen LogP contribution is -2.23. The molecule has 0 heterocycles. The number of para-hydroxylation sites is 2. The number of nitrogens with two attached hydrogens (primary N) is 1. The summed E-state index contributed by atoms with van der Waals surface area (Å²) < 4.78 is 14.3. The van der Waals surface area contributed by atoms with E-state index in [9.17, 15) is 4.39 Å². The predicted molar refractivity (Wildman–Crippen MR) is 82.9 cm³/mol. The molecular weight excluding hydrogens is 251 g/mol. The summed E-state index contributed by atoms with van der Waals surface area (Å²) in [5.74, 6) is -0.200. The largest absolute Gasteiger partial charge is 0.339 e. The Labute approximate surface area is 120 Å². The summed E-state index contributed by atoms with van der Waals surface area (Å²) in [4.78, 5) is 1.99. The molecular formula is C17H21FN2. The standard InChI is InChI=1S/C17H21FN2/c1-3-20(15-9-5-4-6-10-15)17-14(12-13(2)19)8-7-11-16(17)18/h4-11,13H,3,12,19H2,1-2H3. The summed E-state index contributed by atoms with van der Waals surface area (Å²) in [5, 5.41) is 0. The maximum absolute atomic E-state index is 14.3. The molecule has 0 amide bonds. The van der Waals surface area contributed by atoms with E-state index in [0.717, 1.165) is 11.3 Å². The molecule has 2 aromatic carbocycles. The average molecular weight is 272 g/mol. The van der Waals surface area contributed by atoms with E-state index in [4.69, 9.17) is 5.73 Å². The summed E-state index contributed by atoms with van der Waals surface area (Å²) in [5.41, 5.74) is 8.46. The summed E-state index contributed by atoms with van der Waals surface area (Å²) in [7, 11) is 0. The molecule has 106 valence electrons. The number of benzene rings is 2. The third-order valence-electron chi connectivity index (χ3n) is 3.27. The van der Waals surface area contributed by atoms with Gasteiger partial charge in [-0.2, -0.15) is 0 Å². The molecule has 2 aromatic rings. The highest BCUT2D eigenvalue weighted by Crippen LogP contribution is 2.31. The lowest BCUT2D eigenvalue weighted by atomic mass is 10.0. The highest BCUT2D eigenvalue weighted by atomic mass is 19.1. The highest BCUT2D eigenvalue weighted by molar-refractivity contribution is 5.67. The molecule has 2 rings (SSSR count). The van der Waals surface area contributed by atoms with Crippen LogP contribution in [0.25, 0.3) is 0 Å². The van der Waals surface area contributed by atoms with Crippen molar-refractivity contribution in [2.24, 2.45) is 5.73 Å². The monoisotopic (exact) mass is 272 g/mol. The zero-order chi connectivity index (χ0) is 14.5. The first kappa shape index (κ1) is 14.5. The van der Waals surface area contributed by atoms with E-state index in [1.165, 1.54) is 6.07 Å². The van der Waals surface area contributed by atoms with Gasteiger partial charge in [0.2, 0.25) is 0 Å². The zero-order valence-electron chi connectivity index (χ0n) is 12.0. The van der Waals surface area contributed by atoms with Gasteiger partial charge in [0, 0.05) is 18.3 Å². The Morgan fingerprint density at radius 3 is 2.40 bits per heavy atom. The van der Waals surface area contributed by atoms with Crippen LogP contribution in [0.1, 0.15) is 19.4 Å². The van der Waals surface area contributed by atoms with E-state index in [-0.39, 0.29) is 11.9 Å². The second-order valence-electron chi connectivity index (χ2n) is 5.01. The van der Waals surface area contributed by atoms with E-state index in [2.05, 4.69) is 0 Å². The van der Waals surface area contributed by atoms with Crippen molar-refractivity contribution in [2.45, 2.75) is 26.3 Å². The van der Waals surface area contributed by atoms with Crippen LogP contribution in [0.5, 0.6) is 0 Å². The Hall–Kier alpha value is -1.87. The molecule has 1 unspecified atom stereocenters. The third-order valence-corrected chi connectivity index (χ3v) is 3.27. The lowest BCUT2D eigenvalue weighted by Gasteiger charge is -2.27. The molecule has 0 bridgehead atoms. The van der Waals surface area contributed by atoms with Crippen molar-refractivity contribution in [3.63, 3.8) is 0 Å². The van der Waals surface area contributed by atoms with Crippen LogP contribution >= 0.6 is 0 Å². The van der Waals surface area contributed by atoms with E-state index >= 15 is 0 Å². The quantitative estimate of drug-likeness (QED) is 0.895. The van der Waals surface area contributed by atoms with Gasteiger partial charge in [0.1, 0.15) is 5.82 Å². The van der Waals surface area contributed by atoms with Crippen LogP contribution < -0.4 is 10.6 Å². The second-order valence-corrected chi connectivity index (χ2v) is 5.01. The minimum absolute atomic E-state index is 0.00466. The van der Waals surface area contributed by atoms with E-state index < -0.39 is 0 Å². The number of anilines is 2. The molecule has 0 aliphatic rings. The zero-order valence-corrected chi connectivity index (χ0v) is 12.0. The second kappa shape index (κ2) is 6.53. The van der Waals surface area contributed by atoms with Crippen LogP contribution in [0.3, 0.4) is 0 Å². The number of hydrogen-bond donors (Lipinski definition) is 1. The van der Waals surface area contributed by atoms with Crippen LogP contribution in [0, 0.1) is 5.82 Å². The van der Waals surface area contributed by atoms with Gasteiger partial charge >= 0.3 is 0 Å². The highest BCUT2D eigenvalue weighted by Gasteiger charge is 2.17. The van der Waals surface area contributed by atoms with Gasteiger partial charge < -0.3 is 10.6 Å². The van der Waals surface area contributed by atoms with E-state index in [1.807, 2.05) is 55.1 Å². The van der Waals surface area contributed by atoms with E-state index in [0.29, 0.717) is 18.7 Å². The fourth-order valence-electron chi connectivity index (χ4n) is 2.45. The van der Waals surface area contributed by atoms with Crippen molar-refractivity contribution in [1.29, 1.82) is 0 Å². The number of halogens is 1. The minimum Gasteiger partial charge on any atom is -0.339 e. The van der Waals surface area contributed by atoms with Crippen LogP contribution in [-0.4, -0.2) is 12.6 Å². The number of hydrogen-bond acceptors (Lipinski definition) is 2. The van der Waals surface area contributed by atoms with Gasteiger partial charge in [0.15, 0.2) is 0 Å². The van der Waals surface area contributed by atoms with Crippen molar-refractivity contribution >= 4 is 11.4 Å². The SMILES string of the molecule is CCN(c1ccccc1)c1c(F)cccc1CC(C)N. The maximum atomic E-state index is 14.3. The molecule has 1 atom stereocenters. The molecule has 2 nitrogen and oxygen atoms in total. The minimum atomic E-state index is -0.200. The number of nitrogens with zero attached hydrogens (tertiary/aromatic N) is 1. The fourth-order valence-corrected chi connectivity index (χ4v) is 2.45. The first-order chi connectivity index (χ1) is 9.63. The Morgan fingerprint density at radius 1 is 1.10 bits per heavy atom. The van der Waals surface area contributed by atoms with E-state index in [1.54, 1.807) is 6.07 Å². The van der Waals surface area contributed by atoms with Gasteiger partial charge in [-0.15, -0.1) is 0 Å². The fraction of sp³-hybridized carbons (Fsp3) is 0.294. The van der Waals surface area contributed by atoms with Gasteiger partial charge in [0.05, 0.1) is 5.69 Å². The van der Waals surface area contributed by atoms with Crippen LogP contribution in [0.2, 0.25) is 0 Å². The Balaban J connectivity index is 2.48. The molecule has 0 aromatic heterocycles. The van der Waals surface area contributed by atoms with Crippen molar-refractivity contribution in [2.75, 3.05) is 11.4 Å². The third kappa shape index (κ3) is 3.17. The van der Waals surface area contributed by atoms with Gasteiger partial charge in [-0.3, -0.25) is 0 Å². The first-order valence-corrected chi connectivity index (χ1v) is 6.99. The summed E-state index contributed by atoms with van der Waals surface area (Å²) in [6.45, 7) is 4.67. The molecule has 0 aliphatic heterocycles. The van der Waals surface area contributed by atoms with Crippen molar-refractivity contribution < 1.29 is 4.39 Å². The average Bonchev–Trinajstić information content (AvgIpc) is 2.43. The molecule has 20 heavy (non-hydrogen) atoms. The summed E-state index contributed by atoms with van der Waals surface area (Å²) in [6.07, 6.45) is 0.663. The van der Waals surface area contributed by atoms with Gasteiger partial charge in [-0.05, 0) is 44.0 Å². The molecule has 2 N–H and O–H groups in total. The Morgan fingerprint density at radius 2 is 1.80 bits per heavy atom. The molecule has 0 fully saturated rings. The molecule has 0 spiro atoms. The Bertz CT molecular complexity index is 552. The van der Waals surface area contributed by atoms with Crippen LogP contribution in [-0.2, 0) is 6.42 Å². The van der Waals surface area contributed by atoms with Gasteiger partial charge in [-0.25, -0.2) is 4.39 Å². The Kier molecular flexibility index (Phi) is 4.74. The van der Waals surface area contributed by atoms with Gasteiger partial charge in [-0.1, -0.05) is 30.3 Å². The smallest absolute Gasteiger partial charge is 0.147 e. The maximum Gasteiger partial charge on any atom is 0.147 e. The van der Waals surface area contributed by atoms with Crippen LogP contribution in [0.15, 0.2) is 48.5 Å². The van der Waals surface area contributed by atoms with Crippen molar-refractivity contribution in [3.05, 3.63) is 59.9 Å². The molecule has 0 saturated carbocycles. The number of rotatable bonds is 5. The predicted octanol–water partition coefficient (Wildman–Crippen LogP) is 3.87. The summed E-state index contributed by atoms with van der Waals surface area (Å²) >= 11 is 0. The van der Waals surface area contributed by atoms with Gasteiger partial charge in [0.25, 0.3) is 0 Å².